The molecule has 1 aliphatic heterocycles. The van der Waals surface area contributed by atoms with E-state index in [2.05, 4.69) is 35.8 Å². The molecular formula is C33H42F2N2O2. The molecule has 4 nitrogen and oxygen atoms in total. The summed E-state index contributed by atoms with van der Waals surface area (Å²) < 4.78 is 31.8. The summed E-state index contributed by atoms with van der Waals surface area (Å²) in [5.41, 5.74) is 5.86. The fourth-order valence-corrected chi connectivity index (χ4v) is 5.49. The van der Waals surface area contributed by atoms with E-state index in [4.69, 9.17) is 4.74 Å². The summed E-state index contributed by atoms with van der Waals surface area (Å²) >= 11 is 0. The maximum Gasteiger partial charge on any atom is 0.123 e. The molecule has 1 aliphatic carbocycles. The van der Waals surface area contributed by atoms with Crippen molar-refractivity contribution in [3.05, 3.63) is 100 Å². The number of piperazine rings is 1. The minimum absolute atomic E-state index is 0.157. The lowest BCUT2D eigenvalue weighted by atomic mass is 9.89. The van der Waals surface area contributed by atoms with E-state index in [1.807, 2.05) is 42.5 Å². The van der Waals surface area contributed by atoms with E-state index in [0.717, 1.165) is 62.4 Å². The van der Waals surface area contributed by atoms with Gasteiger partial charge in [-0.25, -0.2) is 4.39 Å². The van der Waals surface area contributed by atoms with Crippen molar-refractivity contribution >= 4 is 0 Å². The summed E-state index contributed by atoms with van der Waals surface area (Å²) in [6, 6.07) is 21.1. The molecule has 0 aromatic heterocycles. The molecule has 39 heavy (non-hydrogen) atoms. The molecule has 1 fully saturated rings. The van der Waals surface area contributed by atoms with Crippen LogP contribution in [0.25, 0.3) is 0 Å². The minimum Gasteiger partial charge on any atom is -0.491 e. The Balaban J connectivity index is 0.000000181. The molecule has 1 N–H and O–H groups in total. The summed E-state index contributed by atoms with van der Waals surface area (Å²) in [7, 11) is 0. The third kappa shape index (κ3) is 8.59. The average Bonchev–Trinajstić information content (AvgIpc) is 3.10. The van der Waals surface area contributed by atoms with Crippen molar-refractivity contribution in [2.45, 2.75) is 45.1 Å². The van der Waals surface area contributed by atoms with E-state index in [0.29, 0.717) is 19.6 Å². The van der Waals surface area contributed by atoms with Crippen molar-refractivity contribution in [1.29, 1.82) is 0 Å². The van der Waals surface area contributed by atoms with E-state index >= 15 is 0 Å². The Bertz CT molecular complexity index is 1160. The van der Waals surface area contributed by atoms with Gasteiger partial charge < -0.3 is 14.7 Å². The second kappa shape index (κ2) is 14.5. The highest BCUT2D eigenvalue weighted by Crippen LogP contribution is 2.34. The Hall–Kier alpha value is -2.80. The third-order valence-electron chi connectivity index (χ3n) is 7.81. The monoisotopic (exact) mass is 536 g/mol. The van der Waals surface area contributed by atoms with E-state index in [9.17, 15) is 13.9 Å². The first-order chi connectivity index (χ1) is 18.9. The fourth-order valence-electron chi connectivity index (χ4n) is 5.49. The second-order valence-corrected chi connectivity index (χ2v) is 10.7. The van der Waals surface area contributed by atoms with Gasteiger partial charge in [-0.3, -0.25) is 9.29 Å². The molecule has 210 valence electrons. The van der Waals surface area contributed by atoms with Crippen molar-refractivity contribution in [1.82, 2.24) is 9.80 Å². The second-order valence-electron chi connectivity index (χ2n) is 10.7. The maximum atomic E-state index is 13.4. The lowest BCUT2D eigenvalue weighted by Gasteiger charge is -2.34. The van der Waals surface area contributed by atoms with Gasteiger partial charge in [0.1, 0.15) is 24.3 Å². The van der Waals surface area contributed by atoms with Crippen molar-refractivity contribution in [3.63, 3.8) is 0 Å². The Morgan fingerprint density at radius 3 is 2.36 bits per heavy atom. The summed E-state index contributed by atoms with van der Waals surface area (Å²) in [5, 5.41) is 10.1. The summed E-state index contributed by atoms with van der Waals surface area (Å²) in [4.78, 5) is 4.75. The molecule has 1 saturated heterocycles. The molecule has 2 atom stereocenters. The Morgan fingerprint density at radius 1 is 0.923 bits per heavy atom. The molecule has 1 unspecified atom stereocenters. The Morgan fingerprint density at radius 2 is 1.64 bits per heavy atom. The zero-order valence-corrected chi connectivity index (χ0v) is 23.3. The zero-order valence-electron chi connectivity index (χ0n) is 23.3. The first-order valence-electron chi connectivity index (χ1n) is 14.2. The normalized spacial score (nSPS) is 18.2. The molecule has 2 aliphatic rings. The van der Waals surface area contributed by atoms with Crippen LogP contribution in [0, 0.1) is 12.7 Å². The summed E-state index contributed by atoms with van der Waals surface area (Å²) in [6.07, 6.45) is 1.62. The van der Waals surface area contributed by atoms with Crippen LogP contribution in [0.3, 0.4) is 0 Å². The molecule has 1 heterocycles. The lowest BCUT2D eigenvalue weighted by Crippen LogP contribution is -2.49. The highest BCUT2D eigenvalue weighted by atomic mass is 19.1. The number of rotatable bonds is 8. The summed E-state index contributed by atoms with van der Waals surface area (Å²) in [5.74, 6) is 0.776. The van der Waals surface area contributed by atoms with Crippen LogP contribution in [0.1, 0.15) is 47.1 Å². The SMILES string of the molecule is CCN1CCN(CC(O)COc2ccc(C)cc2)CC1.FCC[C@H]1Cc2cc(F)ccc2Cc2ccccc21. The van der Waals surface area contributed by atoms with Crippen LogP contribution in [-0.4, -0.2) is 73.6 Å². The van der Waals surface area contributed by atoms with Gasteiger partial charge in [-0.05, 0) is 85.2 Å². The van der Waals surface area contributed by atoms with Crippen LogP contribution in [-0.2, 0) is 12.8 Å². The molecular weight excluding hydrogens is 494 g/mol. The van der Waals surface area contributed by atoms with Crippen molar-refractivity contribution in [2.24, 2.45) is 0 Å². The highest BCUT2D eigenvalue weighted by molar-refractivity contribution is 5.42. The number of aliphatic hydroxyl groups excluding tert-OH is 1. The smallest absolute Gasteiger partial charge is 0.123 e. The van der Waals surface area contributed by atoms with Crippen LogP contribution in [0.4, 0.5) is 8.78 Å². The number of halogens is 2. The van der Waals surface area contributed by atoms with Crippen LogP contribution in [0.2, 0.25) is 0 Å². The molecule has 0 saturated carbocycles. The van der Waals surface area contributed by atoms with Crippen molar-refractivity contribution in [3.8, 4) is 5.75 Å². The predicted molar refractivity (Wildman–Crippen MR) is 154 cm³/mol. The Kier molecular flexibility index (Phi) is 10.9. The van der Waals surface area contributed by atoms with Crippen molar-refractivity contribution in [2.75, 3.05) is 52.6 Å². The molecule has 3 aromatic rings. The average molecular weight is 537 g/mol. The first kappa shape index (κ1) is 29.2. The number of aliphatic hydroxyl groups is 1. The third-order valence-corrected chi connectivity index (χ3v) is 7.81. The minimum atomic E-state index is -0.426. The van der Waals surface area contributed by atoms with Gasteiger partial charge >= 0.3 is 0 Å². The zero-order chi connectivity index (χ0) is 27.6. The molecule has 3 aromatic carbocycles. The lowest BCUT2D eigenvalue weighted by molar-refractivity contribution is 0.0471. The largest absolute Gasteiger partial charge is 0.491 e. The van der Waals surface area contributed by atoms with Crippen LogP contribution >= 0.6 is 0 Å². The number of likely N-dealkylation sites (N-methyl/N-ethyl adjacent to an activating group) is 1. The van der Waals surface area contributed by atoms with E-state index in [1.165, 1.54) is 22.8 Å². The van der Waals surface area contributed by atoms with Crippen LogP contribution in [0.15, 0.2) is 66.7 Å². The fraction of sp³-hybridized carbons (Fsp3) is 0.455. The molecule has 6 heteroatoms. The molecule has 0 amide bonds. The van der Waals surface area contributed by atoms with E-state index < -0.39 is 6.10 Å². The van der Waals surface area contributed by atoms with Gasteiger partial charge in [0.05, 0.1) is 6.67 Å². The van der Waals surface area contributed by atoms with Crippen LogP contribution in [0.5, 0.6) is 5.75 Å². The van der Waals surface area contributed by atoms with Gasteiger partial charge in [-0.1, -0.05) is 55.0 Å². The number of hydrogen-bond donors (Lipinski definition) is 1. The van der Waals surface area contributed by atoms with Gasteiger partial charge in [0, 0.05) is 32.7 Å². The number of hydrogen-bond acceptors (Lipinski definition) is 4. The standard InChI is InChI=1S/C17H16F2.C16H26N2O2/c18-8-7-14-10-15-11-16(19)6-5-12(15)9-13-3-1-2-4-17(13)14;1-3-17-8-10-18(11-9-17)12-15(19)13-20-16-6-4-14(2)5-7-16/h1-6,11,14H,7-10H2;4-7,15,19H,3,8-13H2,1-2H3/t14-;/m0./s1. The highest BCUT2D eigenvalue weighted by Gasteiger charge is 2.22. The Labute approximate surface area is 232 Å². The number of fused-ring (bicyclic) bond motifs is 2. The number of alkyl halides is 1. The number of aryl methyl sites for hydroxylation is 1. The van der Waals surface area contributed by atoms with E-state index in [-0.39, 0.29) is 18.4 Å². The number of nitrogens with zero attached hydrogens (tertiary/aromatic N) is 2. The van der Waals surface area contributed by atoms with Crippen LogP contribution < -0.4 is 4.74 Å². The number of benzene rings is 3. The maximum absolute atomic E-state index is 13.4. The number of ether oxygens (including phenoxy) is 1. The van der Waals surface area contributed by atoms with Gasteiger partial charge in [0.25, 0.3) is 0 Å². The predicted octanol–water partition coefficient (Wildman–Crippen LogP) is 5.79. The van der Waals surface area contributed by atoms with Gasteiger partial charge in [0.2, 0.25) is 0 Å². The molecule has 0 spiro atoms. The van der Waals surface area contributed by atoms with E-state index in [1.54, 1.807) is 6.07 Å². The first-order valence-corrected chi connectivity index (χ1v) is 14.2. The van der Waals surface area contributed by atoms with Gasteiger partial charge in [0.15, 0.2) is 0 Å². The summed E-state index contributed by atoms with van der Waals surface area (Å²) in [6.45, 7) is 10.4. The molecule has 5 rings (SSSR count). The number of β-amino-alcohol motifs (C(OH)–C–C–N with tert-alkyl or cyclic N) is 1. The molecule has 0 radical (unpaired) electrons. The molecule has 0 bridgehead atoms. The van der Waals surface area contributed by atoms with Crippen molar-refractivity contribution < 1.29 is 18.6 Å². The van der Waals surface area contributed by atoms with Gasteiger partial charge in [-0.15, -0.1) is 0 Å². The van der Waals surface area contributed by atoms with Gasteiger partial charge in [-0.2, -0.15) is 0 Å². The topological polar surface area (TPSA) is 35.9 Å². The quantitative estimate of drug-likeness (QED) is 0.396.